The lowest BCUT2D eigenvalue weighted by atomic mass is 10.2. The summed E-state index contributed by atoms with van der Waals surface area (Å²) in [5, 5.41) is 5.99. The zero-order chi connectivity index (χ0) is 20.9. The van der Waals surface area contributed by atoms with Crippen molar-refractivity contribution in [1.29, 1.82) is 0 Å². The van der Waals surface area contributed by atoms with Crippen LogP contribution in [0.2, 0.25) is 0 Å². The van der Waals surface area contributed by atoms with Crippen LogP contribution in [0, 0.1) is 6.92 Å². The number of nitrogens with one attached hydrogen (secondary N) is 2. The molecule has 0 fully saturated rings. The van der Waals surface area contributed by atoms with Gasteiger partial charge >= 0.3 is 11.5 Å². The fourth-order valence-electron chi connectivity index (χ4n) is 2.28. The van der Waals surface area contributed by atoms with E-state index in [0.29, 0.717) is 11.4 Å². The van der Waals surface area contributed by atoms with E-state index in [1.165, 1.54) is 41.6 Å². The van der Waals surface area contributed by atoms with Crippen molar-refractivity contribution in [1.82, 2.24) is 4.98 Å². The summed E-state index contributed by atoms with van der Waals surface area (Å²) < 4.78 is 37.0. The number of aromatic nitrogens is 1. The number of hydrogen-bond donors (Lipinski definition) is 2. The van der Waals surface area contributed by atoms with E-state index >= 15 is 0 Å². The largest absolute Gasteiger partial charge is 0.446 e. The third kappa shape index (κ3) is 7.03. The van der Waals surface area contributed by atoms with Gasteiger partial charge in [0, 0.05) is 15.5 Å². The molecule has 0 aliphatic heterocycles. The fraction of sp³-hybridized carbons (Fsp3) is 0.100. The number of carbonyl (C=O) groups excluding carboxylic acids is 1. The van der Waals surface area contributed by atoms with Crippen LogP contribution in [0.5, 0.6) is 0 Å². The van der Waals surface area contributed by atoms with Crippen LogP contribution in [0.25, 0.3) is 0 Å². The molecule has 0 saturated heterocycles. The van der Waals surface area contributed by atoms with Gasteiger partial charge in [-0.1, -0.05) is 29.5 Å². The number of nitrogens with zero attached hydrogens (tertiary/aromatic N) is 1. The summed E-state index contributed by atoms with van der Waals surface area (Å²) in [6.07, 6.45) is 1.54. The van der Waals surface area contributed by atoms with E-state index in [1.807, 2.05) is 31.2 Å². The van der Waals surface area contributed by atoms with Gasteiger partial charge in [0.2, 0.25) is 0 Å². The van der Waals surface area contributed by atoms with Crippen LogP contribution >= 0.6 is 23.5 Å². The summed E-state index contributed by atoms with van der Waals surface area (Å²) in [6.45, 7) is 2.02. The Balaban J connectivity index is 1.53. The number of aryl methyl sites for hydroxylation is 1. The number of hydrogen-bond acceptors (Lipinski definition) is 4. The molecule has 2 amide bonds. The lowest BCUT2D eigenvalue weighted by molar-refractivity contribution is -0.0328. The first-order valence-electron chi connectivity index (χ1n) is 8.41. The van der Waals surface area contributed by atoms with Gasteiger partial charge < -0.3 is 10.6 Å². The zero-order valence-electron chi connectivity index (χ0n) is 15.2. The van der Waals surface area contributed by atoms with Crippen molar-refractivity contribution in [3.05, 3.63) is 72.4 Å². The quantitative estimate of drug-likeness (QED) is 0.433. The molecule has 0 aliphatic rings. The van der Waals surface area contributed by atoms with E-state index in [1.54, 1.807) is 18.3 Å². The average molecular weight is 435 g/mol. The number of rotatable bonds is 5. The van der Waals surface area contributed by atoms with Gasteiger partial charge in [-0.3, -0.25) is 0 Å². The maximum absolute atomic E-state index is 12.3. The molecule has 1 aromatic heterocycles. The second kappa shape index (κ2) is 9.23. The highest BCUT2D eigenvalue weighted by Gasteiger charge is 2.29. The van der Waals surface area contributed by atoms with Gasteiger partial charge in [-0.2, -0.15) is 13.2 Å². The molecule has 0 radical (unpaired) electrons. The molecular weight excluding hydrogens is 419 g/mol. The van der Waals surface area contributed by atoms with E-state index in [9.17, 15) is 18.0 Å². The predicted octanol–water partition coefficient (Wildman–Crippen LogP) is 6.80. The summed E-state index contributed by atoms with van der Waals surface area (Å²) in [7, 11) is 0. The molecule has 29 heavy (non-hydrogen) atoms. The molecule has 0 atom stereocenters. The first kappa shape index (κ1) is 21.1. The van der Waals surface area contributed by atoms with Gasteiger partial charge in [-0.05, 0) is 67.2 Å². The molecule has 4 nitrogen and oxygen atoms in total. The van der Waals surface area contributed by atoms with E-state index in [-0.39, 0.29) is 16.7 Å². The molecule has 150 valence electrons. The maximum Gasteiger partial charge on any atom is 0.446 e. The van der Waals surface area contributed by atoms with Crippen molar-refractivity contribution in [3.63, 3.8) is 0 Å². The fourth-order valence-corrected chi connectivity index (χ4v) is 3.57. The van der Waals surface area contributed by atoms with Gasteiger partial charge in [0.15, 0.2) is 0 Å². The first-order chi connectivity index (χ1) is 13.8. The minimum absolute atomic E-state index is 0.0503. The summed E-state index contributed by atoms with van der Waals surface area (Å²) in [6, 6.07) is 16.5. The number of thioether (sulfide) groups is 1. The Morgan fingerprint density at radius 3 is 2.03 bits per heavy atom. The average Bonchev–Trinajstić information content (AvgIpc) is 2.66. The number of amides is 2. The molecule has 2 N–H and O–H groups in total. The Labute approximate surface area is 174 Å². The van der Waals surface area contributed by atoms with Gasteiger partial charge in [-0.25, -0.2) is 9.78 Å². The standard InChI is InChI=1S/C20H16F3N3OS2/c1-13-2-7-16(8-3-13)28-18-11-6-15(12-24-18)26-19(27)25-14-4-9-17(10-5-14)29-20(21,22)23/h2-12H,1H3,(H2,25,26,27). The molecule has 0 bridgehead atoms. The number of pyridine rings is 1. The van der Waals surface area contributed by atoms with Crippen LogP contribution in [-0.2, 0) is 0 Å². The van der Waals surface area contributed by atoms with Gasteiger partial charge in [0.1, 0.15) is 5.03 Å². The maximum atomic E-state index is 12.3. The number of alkyl halides is 3. The Morgan fingerprint density at radius 2 is 1.45 bits per heavy atom. The first-order valence-corrected chi connectivity index (χ1v) is 10.0. The minimum atomic E-state index is -4.34. The number of halogens is 3. The topological polar surface area (TPSA) is 54.0 Å². The van der Waals surface area contributed by atoms with Crippen molar-refractivity contribution in [2.45, 2.75) is 27.2 Å². The molecule has 0 aliphatic carbocycles. The monoisotopic (exact) mass is 435 g/mol. The highest BCUT2D eigenvalue weighted by atomic mass is 32.2. The van der Waals surface area contributed by atoms with Crippen LogP contribution in [-0.4, -0.2) is 16.5 Å². The molecule has 0 unspecified atom stereocenters. The SMILES string of the molecule is Cc1ccc(Sc2ccc(NC(=O)Nc3ccc(SC(F)(F)F)cc3)cn2)cc1. The highest BCUT2D eigenvalue weighted by molar-refractivity contribution is 8.00. The van der Waals surface area contributed by atoms with Crippen LogP contribution in [0.3, 0.4) is 0 Å². The van der Waals surface area contributed by atoms with Crippen LogP contribution in [0.1, 0.15) is 5.56 Å². The molecule has 3 rings (SSSR count). The summed E-state index contributed by atoms with van der Waals surface area (Å²) in [5.41, 5.74) is -2.28. The van der Waals surface area contributed by atoms with Crippen LogP contribution in [0.4, 0.5) is 29.3 Å². The molecule has 0 saturated carbocycles. The smallest absolute Gasteiger partial charge is 0.308 e. The normalized spacial score (nSPS) is 11.2. The lowest BCUT2D eigenvalue weighted by Gasteiger charge is -2.09. The lowest BCUT2D eigenvalue weighted by Crippen LogP contribution is -2.19. The van der Waals surface area contributed by atoms with Crippen LogP contribution in [0.15, 0.2) is 81.7 Å². The highest BCUT2D eigenvalue weighted by Crippen LogP contribution is 2.37. The van der Waals surface area contributed by atoms with Crippen molar-refractivity contribution < 1.29 is 18.0 Å². The minimum Gasteiger partial charge on any atom is -0.308 e. The number of benzene rings is 2. The van der Waals surface area contributed by atoms with Crippen molar-refractivity contribution >= 4 is 40.9 Å². The molecule has 3 aromatic rings. The van der Waals surface area contributed by atoms with Crippen molar-refractivity contribution in [3.8, 4) is 0 Å². The van der Waals surface area contributed by atoms with Crippen LogP contribution < -0.4 is 10.6 Å². The Morgan fingerprint density at radius 1 is 0.862 bits per heavy atom. The Hall–Kier alpha value is -2.65. The summed E-state index contributed by atoms with van der Waals surface area (Å²) in [4.78, 5) is 17.5. The van der Waals surface area contributed by atoms with E-state index in [4.69, 9.17) is 0 Å². The number of anilines is 2. The summed E-state index contributed by atoms with van der Waals surface area (Å²) in [5.74, 6) is 0. The summed E-state index contributed by atoms with van der Waals surface area (Å²) >= 11 is 1.30. The van der Waals surface area contributed by atoms with Gasteiger partial charge in [-0.15, -0.1) is 0 Å². The molecule has 2 aromatic carbocycles. The van der Waals surface area contributed by atoms with E-state index in [2.05, 4.69) is 15.6 Å². The van der Waals surface area contributed by atoms with Gasteiger partial charge in [0.05, 0.1) is 11.9 Å². The molecule has 1 heterocycles. The third-order valence-corrected chi connectivity index (χ3v) is 5.28. The third-order valence-electron chi connectivity index (χ3n) is 3.58. The second-order valence-electron chi connectivity index (χ2n) is 5.95. The van der Waals surface area contributed by atoms with Gasteiger partial charge in [0.25, 0.3) is 0 Å². The van der Waals surface area contributed by atoms with E-state index < -0.39 is 11.5 Å². The van der Waals surface area contributed by atoms with Crippen molar-refractivity contribution in [2.24, 2.45) is 0 Å². The predicted molar refractivity (Wildman–Crippen MR) is 111 cm³/mol. The van der Waals surface area contributed by atoms with E-state index in [0.717, 1.165) is 9.92 Å². The molecule has 9 heteroatoms. The van der Waals surface area contributed by atoms with Crippen molar-refractivity contribution in [2.75, 3.05) is 10.6 Å². The molecular formula is C20H16F3N3OS2. The number of carbonyl (C=O) groups is 1. The zero-order valence-corrected chi connectivity index (χ0v) is 16.8. The number of urea groups is 1. The second-order valence-corrected chi connectivity index (χ2v) is 8.18. The molecule has 0 spiro atoms. The Bertz CT molecular complexity index is 960. The Kier molecular flexibility index (Phi) is 6.71.